The molecule has 0 bridgehead atoms. The molecule has 232 valence electrons. The topological polar surface area (TPSA) is 116 Å². The number of amides is 2. The molecule has 2 fully saturated rings. The molecule has 0 radical (unpaired) electrons. The number of hydrogen-bond acceptors (Lipinski definition) is 6. The van der Waals surface area contributed by atoms with Crippen LogP contribution in [0.5, 0.6) is 11.5 Å². The molecule has 1 aliphatic heterocycles. The number of benzene rings is 2. The molecule has 2 saturated carbocycles. The van der Waals surface area contributed by atoms with E-state index in [0.717, 1.165) is 31.7 Å². The first kappa shape index (κ1) is 29.3. The monoisotopic (exact) mass is 636 g/mol. The molecule has 8 nitrogen and oxygen atoms in total. The van der Waals surface area contributed by atoms with Crippen molar-refractivity contribution in [1.29, 1.82) is 0 Å². The Kier molecular flexibility index (Phi) is 7.11. The second-order valence-electron chi connectivity index (χ2n) is 12.2. The van der Waals surface area contributed by atoms with Crippen molar-refractivity contribution in [3.63, 3.8) is 0 Å². The molecule has 4 aromatic rings. The standard InChI is InChI=1S/C33H28ClF3N4O4/c1-33(32(38)43)14-44-30-22(33)10-26(41-29(30)20-9-24(36)25(37)11-23(20)35)21(15-2-3-15)13-40-31(42)17-6-16-7-18(34)12-39-28(16)27(8-17)45-19-4-5-19/h6-12,15,19,21H,2-5,13-14H2,1H3,(H2,38,43)(H,40,42)/t21-,33-/m0/s1. The summed E-state index contributed by atoms with van der Waals surface area (Å²) in [4.78, 5) is 35.2. The summed E-state index contributed by atoms with van der Waals surface area (Å²) in [6, 6.07) is 7.93. The molecule has 0 saturated heterocycles. The summed E-state index contributed by atoms with van der Waals surface area (Å²) in [5.41, 5.74) is 5.90. The molecule has 2 atom stereocenters. The molecule has 2 aromatic heterocycles. The molecule has 3 heterocycles. The lowest BCUT2D eigenvalue weighted by Crippen LogP contribution is -2.40. The van der Waals surface area contributed by atoms with Gasteiger partial charge in [-0.25, -0.2) is 18.2 Å². The van der Waals surface area contributed by atoms with Gasteiger partial charge in [0.05, 0.1) is 11.1 Å². The van der Waals surface area contributed by atoms with Crippen LogP contribution in [0.1, 0.15) is 60.1 Å². The fraction of sp³-hybridized carbons (Fsp3) is 0.333. The normalized spacial score (nSPS) is 19.6. The zero-order valence-corrected chi connectivity index (χ0v) is 24.9. The number of aromatic nitrogens is 2. The van der Waals surface area contributed by atoms with Gasteiger partial charge in [-0.05, 0) is 68.9 Å². The second kappa shape index (κ2) is 10.9. The Hall–Kier alpha value is -4.38. The summed E-state index contributed by atoms with van der Waals surface area (Å²) in [5, 5.41) is 4.08. The number of ether oxygens (including phenoxy) is 2. The van der Waals surface area contributed by atoms with Gasteiger partial charge < -0.3 is 20.5 Å². The van der Waals surface area contributed by atoms with Crippen LogP contribution in [0.4, 0.5) is 13.2 Å². The number of nitrogens with zero attached hydrogens (tertiary/aromatic N) is 2. The Morgan fingerprint density at radius 2 is 1.84 bits per heavy atom. The van der Waals surface area contributed by atoms with E-state index in [9.17, 15) is 18.4 Å². The lowest BCUT2D eigenvalue weighted by Gasteiger charge is -2.22. The van der Waals surface area contributed by atoms with E-state index >= 15 is 4.39 Å². The average molecular weight is 637 g/mol. The van der Waals surface area contributed by atoms with Gasteiger partial charge >= 0.3 is 0 Å². The molecular formula is C33H28ClF3N4O4. The third-order valence-electron chi connectivity index (χ3n) is 8.75. The summed E-state index contributed by atoms with van der Waals surface area (Å²) >= 11 is 6.18. The number of fused-ring (bicyclic) bond motifs is 2. The minimum Gasteiger partial charge on any atom is -0.489 e. The number of nitrogens with two attached hydrogens (primary N) is 1. The van der Waals surface area contributed by atoms with Crippen LogP contribution in [-0.4, -0.2) is 41.0 Å². The zero-order chi connectivity index (χ0) is 31.6. The minimum atomic E-state index is -1.34. The molecule has 7 rings (SSSR count). The maximum Gasteiger partial charge on any atom is 0.251 e. The van der Waals surface area contributed by atoms with Crippen molar-refractivity contribution in [2.75, 3.05) is 13.2 Å². The molecule has 2 amide bonds. The van der Waals surface area contributed by atoms with Crippen molar-refractivity contribution in [2.24, 2.45) is 11.7 Å². The Bertz CT molecular complexity index is 1900. The predicted octanol–water partition coefficient (Wildman–Crippen LogP) is 5.97. The van der Waals surface area contributed by atoms with E-state index in [1.54, 1.807) is 31.2 Å². The highest BCUT2D eigenvalue weighted by Crippen LogP contribution is 2.48. The smallest absolute Gasteiger partial charge is 0.251 e. The molecule has 0 spiro atoms. The average Bonchev–Trinajstić information content (AvgIpc) is 3.94. The van der Waals surface area contributed by atoms with Crippen LogP contribution in [0.3, 0.4) is 0 Å². The van der Waals surface area contributed by atoms with Gasteiger partial charge in [-0.2, -0.15) is 0 Å². The van der Waals surface area contributed by atoms with Crippen LogP contribution in [-0.2, 0) is 10.2 Å². The number of nitrogens with one attached hydrogen (secondary N) is 1. The number of rotatable bonds is 9. The molecule has 12 heteroatoms. The maximum absolute atomic E-state index is 15.1. The number of pyridine rings is 2. The first-order chi connectivity index (χ1) is 21.5. The molecule has 45 heavy (non-hydrogen) atoms. The fourth-order valence-corrected chi connectivity index (χ4v) is 5.94. The first-order valence-electron chi connectivity index (χ1n) is 14.7. The van der Waals surface area contributed by atoms with Gasteiger partial charge in [-0.1, -0.05) is 11.6 Å². The summed E-state index contributed by atoms with van der Waals surface area (Å²) in [7, 11) is 0. The van der Waals surface area contributed by atoms with E-state index in [4.69, 9.17) is 26.8 Å². The van der Waals surface area contributed by atoms with E-state index in [1.165, 1.54) is 6.20 Å². The van der Waals surface area contributed by atoms with Crippen molar-refractivity contribution < 1.29 is 32.2 Å². The minimum absolute atomic E-state index is 0.0679. The van der Waals surface area contributed by atoms with Crippen molar-refractivity contribution in [3.8, 4) is 22.8 Å². The van der Waals surface area contributed by atoms with Crippen LogP contribution >= 0.6 is 11.6 Å². The van der Waals surface area contributed by atoms with Gasteiger partial charge in [0, 0.05) is 52.5 Å². The number of carbonyl (C=O) groups is 2. The van der Waals surface area contributed by atoms with Crippen molar-refractivity contribution in [1.82, 2.24) is 15.3 Å². The summed E-state index contributed by atoms with van der Waals surface area (Å²) in [6.45, 7) is 1.64. The van der Waals surface area contributed by atoms with Gasteiger partial charge in [0.1, 0.15) is 40.5 Å². The van der Waals surface area contributed by atoms with Crippen LogP contribution in [0.25, 0.3) is 22.2 Å². The maximum atomic E-state index is 15.1. The van der Waals surface area contributed by atoms with Crippen LogP contribution in [0.2, 0.25) is 5.02 Å². The number of halogens is 4. The molecule has 3 N–H and O–H groups in total. The highest BCUT2D eigenvalue weighted by molar-refractivity contribution is 6.31. The first-order valence-corrected chi connectivity index (χ1v) is 15.1. The van der Waals surface area contributed by atoms with Crippen LogP contribution in [0, 0.1) is 23.4 Å². The Morgan fingerprint density at radius 3 is 2.56 bits per heavy atom. The number of hydrogen-bond donors (Lipinski definition) is 2. The predicted molar refractivity (Wildman–Crippen MR) is 160 cm³/mol. The van der Waals surface area contributed by atoms with Gasteiger partial charge in [0.2, 0.25) is 5.91 Å². The van der Waals surface area contributed by atoms with Crippen LogP contribution in [0.15, 0.2) is 42.6 Å². The quantitative estimate of drug-likeness (QED) is 0.219. The van der Waals surface area contributed by atoms with Gasteiger partial charge in [0.15, 0.2) is 11.6 Å². The number of primary amides is 1. The van der Waals surface area contributed by atoms with Gasteiger partial charge in [-0.3, -0.25) is 14.6 Å². The lowest BCUT2D eigenvalue weighted by atomic mass is 9.82. The fourth-order valence-electron chi connectivity index (χ4n) is 5.78. The SMILES string of the molecule is C[C@]1(C(N)=O)COc2c1cc([C@@H](CNC(=O)c1cc(OC3CC3)c3ncc(Cl)cc3c1)C1CC1)nc2-c1cc(F)c(F)cc1F. The lowest BCUT2D eigenvalue weighted by molar-refractivity contribution is -0.123. The largest absolute Gasteiger partial charge is 0.489 e. The van der Waals surface area contributed by atoms with Gasteiger partial charge in [0.25, 0.3) is 5.91 Å². The Morgan fingerprint density at radius 1 is 1.09 bits per heavy atom. The molecule has 3 aliphatic rings. The summed E-state index contributed by atoms with van der Waals surface area (Å²) in [5.74, 6) is -4.30. The zero-order valence-electron chi connectivity index (χ0n) is 24.1. The van der Waals surface area contributed by atoms with Crippen molar-refractivity contribution >= 4 is 34.3 Å². The Labute approximate surface area is 261 Å². The third kappa shape index (κ3) is 5.43. The molecular weight excluding hydrogens is 609 g/mol. The highest BCUT2D eigenvalue weighted by atomic mass is 35.5. The second-order valence-corrected chi connectivity index (χ2v) is 12.6. The molecule has 2 aliphatic carbocycles. The van der Waals surface area contributed by atoms with E-state index in [2.05, 4.69) is 15.3 Å². The molecule has 0 unspecified atom stereocenters. The van der Waals surface area contributed by atoms with Crippen LogP contribution < -0.4 is 20.5 Å². The van der Waals surface area contributed by atoms with E-state index in [0.29, 0.717) is 44.6 Å². The van der Waals surface area contributed by atoms with Gasteiger partial charge in [-0.15, -0.1) is 0 Å². The Balaban J connectivity index is 1.25. The van der Waals surface area contributed by atoms with E-state index < -0.39 is 28.8 Å². The summed E-state index contributed by atoms with van der Waals surface area (Å²) < 4.78 is 55.0. The third-order valence-corrected chi connectivity index (χ3v) is 8.96. The van der Waals surface area contributed by atoms with Crippen molar-refractivity contribution in [3.05, 3.63) is 81.9 Å². The molecule has 2 aromatic carbocycles. The van der Waals surface area contributed by atoms with Crippen molar-refractivity contribution in [2.45, 2.75) is 50.0 Å². The summed E-state index contributed by atoms with van der Waals surface area (Å²) in [6.07, 6.45) is 5.19. The number of carbonyl (C=O) groups excluding carboxylic acids is 2. The highest BCUT2D eigenvalue weighted by Gasteiger charge is 2.45. The van der Waals surface area contributed by atoms with E-state index in [-0.39, 0.29) is 54.0 Å². The van der Waals surface area contributed by atoms with E-state index in [1.807, 2.05) is 0 Å².